The van der Waals surface area contributed by atoms with E-state index in [1.807, 2.05) is 72.9 Å². The predicted molar refractivity (Wildman–Crippen MR) is 241 cm³/mol. The topological polar surface area (TPSA) is 41.1 Å². The Morgan fingerprint density at radius 3 is 1.36 bits per heavy atom. The van der Waals surface area contributed by atoms with Crippen molar-refractivity contribution in [2.75, 3.05) is 24.1 Å². The lowest BCUT2D eigenvalue weighted by molar-refractivity contribution is 0.418. The molecule has 0 atom stereocenters. The number of nitrogens with zero attached hydrogens (tertiary/aromatic N) is 6. The molecule has 0 bridgehead atoms. The second-order valence-electron chi connectivity index (χ2n) is 14.9. The normalized spacial score (nSPS) is 12.6. The Hall–Kier alpha value is -6.14. The van der Waals surface area contributed by atoms with E-state index in [9.17, 15) is 0 Å². The smallest absolute Gasteiger partial charge is 0.111 e. The Balaban J connectivity index is 1.22. The molecule has 0 unspecified atom stereocenters. The highest BCUT2D eigenvalue weighted by Gasteiger charge is 2.24. The summed E-state index contributed by atoms with van der Waals surface area (Å²) in [5, 5.41) is 18.5. The third-order valence-electron chi connectivity index (χ3n) is 11.1. The highest BCUT2D eigenvalue weighted by atomic mass is 15.4. The fourth-order valence-corrected chi connectivity index (χ4v) is 8.23. The van der Waals surface area contributed by atoms with Crippen LogP contribution in [0.3, 0.4) is 0 Å². The monoisotopic (exact) mass is 736 g/mol. The minimum absolute atomic E-state index is 0.0721. The van der Waals surface area contributed by atoms with Gasteiger partial charge in [-0.3, -0.25) is 10.0 Å². The highest BCUT2D eigenvalue weighted by Crippen LogP contribution is 2.40. The van der Waals surface area contributed by atoms with E-state index in [1.54, 1.807) is 0 Å². The molecule has 0 spiro atoms. The lowest BCUT2D eigenvalue weighted by Crippen LogP contribution is -2.18. The Kier molecular flexibility index (Phi) is 11.3. The summed E-state index contributed by atoms with van der Waals surface area (Å²) in [5.41, 5.74) is 9.26. The van der Waals surface area contributed by atoms with E-state index in [1.165, 1.54) is 82.1 Å². The summed E-state index contributed by atoms with van der Waals surface area (Å²) in [6.07, 6.45) is 14.0. The van der Waals surface area contributed by atoms with Gasteiger partial charge in [-0.2, -0.15) is 10.2 Å². The van der Waals surface area contributed by atoms with Crippen LogP contribution in [0.1, 0.15) is 75.6 Å². The average Bonchev–Trinajstić information content (AvgIpc) is 3.76. The van der Waals surface area contributed by atoms with Crippen LogP contribution in [-0.2, 0) is 0 Å². The van der Waals surface area contributed by atoms with E-state index < -0.39 is 0 Å². The zero-order valence-electron chi connectivity index (χ0n) is 32.9. The Morgan fingerprint density at radius 1 is 0.464 bits per heavy atom. The second-order valence-corrected chi connectivity index (χ2v) is 14.9. The standard InChI is InChI=1S/C50H52N6/c1-4-5-6-7-8-9-16-29-50(55-46-27-19-17-25-42(46)44-34-38(30-32-48(44)55)36-51-53(2)40-21-12-10-13-22-40)56-47-28-20-18-26-43(47)45-35-39(31-33-49(45)56)37-52-54(3)41-23-14-11-15-24-41/h10-15,17-28,30-37,50H,4-9,16,29H2,1-3H3. The first kappa shape index (κ1) is 36.8. The average molecular weight is 737 g/mol. The number of unbranched alkanes of at least 4 members (excludes halogenated alkanes) is 6. The van der Waals surface area contributed by atoms with Crippen LogP contribution < -0.4 is 10.0 Å². The van der Waals surface area contributed by atoms with Crippen molar-refractivity contribution >= 4 is 67.4 Å². The SMILES string of the molecule is CCCCCCCCCC(n1c2ccccc2c2cc(C=NN(C)c3ccccc3)ccc21)n1c2ccccc2c2cc(C=NN(C)c3ccccc3)ccc21. The first-order valence-corrected chi connectivity index (χ1v) is 20.3. The fraction of sp³-hybridized carbons (Fsp3) is 0.240. The van der Waals surface area contributed by atoms with Gasteiger partial charge in [-0.15, -0.1) is 0 Å². The van der Waals surface area contributed by atoms with Crippen LogP contribution in [0.2, 0.25) is 0 Å². The van der Waals surface area contributed by atoms with Crippen molar-refractivity contribution in [1.29, 1.82) is 0 Å². The third-order valence-corrected chi connectivity index (χ3v) is 11.1. The third kappa shape index (κ3) is 7.70. The van der Waals surface area contributed by atoms with Crippen LogP contribution in [0.4, 0.5) is 11.4 Å². The number of benzene rings is 6. The van der Waals surface area contributed by atoms with Gasteiger partial charge in [0.15, 0.2) is 0 Å². The van der Waals surface area contributed by atoms with E-state index in [0.717, 1.165) is 35.3 Å². The molecule has 0 aliphatic carbocycles. The van der Waals surface area contributed by atoms with Crippen LogP contribution in [0.25, 0.3) is 43.6 Å². The second kappa shape index (κ2) is 17.1. The molecule has 6 aromatic carbocycles. The predicted octanol–water partition coefficient (Wildman–Crippen LogP) is 13.0. The number of aromatic nitrogens is 2. The van der Waals surface area contributed by atoms with Gasteiger partial charge < -0.3 is 9.13 Å². The maximum Gasteiger partial charge on any atom is 0.111 e. The number of hydrogen-bond acceptors (Lipinski definition) is 4. The molecule has 282 valence electrons. The van der Waals surface area contributed by atoms with E-state index >= 15 is 0 Å². The zero-order valence-corrected chi connectivity index (χ0v) is 32.9. The van der Waals surface area contributed by atoms with Crippen LogP contribution >= 0.6 is 0 Å². The van der Waals surface area contributed by atoms with Gasteiger partial charge in [0.2, 0.25) is 0 Å². The van der Waals surface area contributed by atoms with Crippen molar-refractivity contribution < 1.29 is 0 Å². The van der Waals surface area contributed by atoms with Crippen molar-refractivity contribution in [3.63, 3.8) is 0 Å². The van der Waals surface area contributed by atoms with Crippen molar-refractivity contribution in [2.24, 2.45) is 10.2 Å². The minimum Gasteiger partial charge on any atom is -0.319 e. The van der Waals surface area contributed by atoms with E-state index in [4.69, 9.17) is 10.2 Å². The largest absolute Gasteiger partial charge is 0.319 e. The summed E-state index contributed by atoms with van der Waals surface area (Å²) in [6.45, 7) is 2.29. The number of rotatable bonds is 16. The number of fused-ring (bicyclic) bond motifs is 6. The van der Waals surface area contributed by atoms with E-state index in [0.29, 0.717) is 0 Å². The van der Waals surface area contributed by atoms with Crippen LogP contribution in [0.5, 0.6) is 0 Å². The fourth-order valence-electron chi connectivity index (χ4n) is 8.23. The molecular formula is C50H52N6. The molecule has 0 saturated carbocycles. The summed E-state index contributed by atoms with van der Waals surface area (Å²) < 4.78 is 5.24. The summed E-state index contributed by atoms with van der Waals surface area (Å²) in [7, 11) is 3.99. The van der Waals surface area contributed by atoms with Gasteiger partial charge in [0, 0.05) is 35.6 Å². The van der Waals surface area contributed by atoms with Gasteiger partial charge in [-0.1, -0.05) is 130 Å². The van der Waals surface area contributed by atoms with Gasteiger partial charge in [-0.05, 0) is 84.6 Å². The number of hydrazone groups is 2. The van der Waals surface area contributed by atoms with E-state index in [-0.39, 0.29) is 6.17 Å². The molecule has 0 amide bonds. The molecule has 8 rings (SSSR count). The molecule has 0 saturated heterocycles. The number of hydrogen-bond donors (Lipinski definition) is 0. The lowest BCUT2D eigenvalue weighted by atomic mass is 10.1. The molecular weight excluding hydrogens is 685 g/mol. The van der Waals surface area contributed by atoms with Gasteiger partial charge >= 0.3 is 0 Å². The maximum absolute atomic E-state index is 4.81. The molecule has 56 heavy (non-hydrogen) atoms. The molecule has 6 heteroatoms. The summed E-state index contributed by atoms with van der Waals surface area (Å²) in [5.74, 6) is 0. The molecule has 8 aromatic rings. The summed E-state index contributed by atoms with van der Waals surface area (Å²) in [4.78, 5) is 0. The van der Waals surface area contributed by atoms with Crippen LogP contribution in [-0.4, -0.2) is 35.7 Å². The first-order chi connectivity index (χ1) is 27.6. The molecule has 2 heterocycles. The molecule has 6 nitrogen and oxygen atoms in total. The zero-order chi connectivity index (χ0) is 38.3. The summed E-state index contributed by atoms with van der Waals surface area (Å²) >= 11 is 0. The van der Waals surface area contributed by atoms with Crippen LogP contribution in [0.15, 0.2) is 156 Å². The van der Waals surface area contributed by atoms with Crippen molar-refractivity contribution in [3.05, 3.63) is 157 Å². The quantitative estimate of drug-likeness (QED) is 0.0563. The van der Waals surface area contributed by atoms with Gasteiger partial charge in [0.25, 0.3) is 0 Å². The summed E-state index contributed by atoms with van der Waals surface area (Å²) in [6, 6.07) is 52.1. The number of anilines is 2. The molecule has 0 radical (unpaired) electrons. The molecule has 0 fully saturated rings. The van der Waals surface area contributed by atoms with Crippen molar-refractivity contribution in [2.45, 2.75) is 64.5 Å². The molecule has 0 N–H and O–H groups in total. The molecule has 0 aliphatic heterocycles. The first-order valence-electron chi connectivity index (χ1n) is 20.3. The molecule has 0 aliphatic rings. The number of para-hydroxylation sites is 4. The van der Waals surface area contributed by atoms with Gasteiger partial charge in [0.1, 0.15) is 6.17 Å². The van der Waals surface area contributed by atoms with Gasteiger partial charge in [-0.25, -0.2) is 0 Å². The maximum atomic E-state index is 4.81. The minimum atomic E-state index is 0.0721. The van der Waals surface area contributed by atoms with Crippen molar-refractivity contribution in [1.82, 2.24) is 9.13 Å². The van der Waals surface area contributed by atoms with Crippen molar-refractivity contribution in [3.8, 4) is 0 Å². The van der Waals surface area contributed by atoms with Crippen LogP contribution in [0, 0.1) is 0 Å². The Morgan fingerprint density at radius 2 is 0.875 bits per heavy atom. The Labute approximate surface area is 331 Å². The van der Waals surface area contributed by atoms with E-state index in [2.05, 4.69) is 125 Å². The van der Waals surface area contributed by atoms with Gasteiger partial charge in [0.05, 0.1) is 45.9 Å². The highest BCUT2D eigenvalue weighted by molar-refractivity contribution is 6.11. The molecule has 2 aromatic heterocycles. The lowest BCUT2D eigenvalue weighted by Gasteiger charge is -2.26. The Bertz CT molecular complexity index is 2420.